The van der Waals surface area contributed by atoms with E-state index in [1.165, 1.54) is 83.5 Å². The topological polar surface area (TPSA) is 78.9 Å². The van der Waals surface area contributed by atoms with E-state index in [1.807, 2.05) is 0 Å². The zero-order valence-corrected chi connectivity index (χ0v) is 52.9. The van der Waals surface area contributed by atoms with Crippen molar-refractivity contribution in [3.05, 3.63) is 158 Å². The summed E-state index contributed by atoms with van der Waals surface area (Å²) in [6, 6.07) is 0. The molecule has 0 saturated carbocycles. The lowest BCUT2D eigenvalue weighted by atomic mass is 10.0. The van der Waals surface area contributed by atoms with Crippen molar-refractivity contribution in [3.8, 4) is 0 Å². The number of hydrogen-bond acceptors (Lipinski definition) is 6. The maximum Gasteiger partial charge on any atom is 0.306 e. The molecule has 0 radical (unpaired) electrons. The first-order chi connectivity index (χ1) is 40.5. The molecule has 0 spiro atoms. The SMILES string of the molecule is CC/C=C\C/C=C\C/C=C\C/C=C\C/C=C\C/C=C\C/C=C\C/C=C\C/C=C\C/C=C\CCCCC(=O)OCC(COC(=O)CCCCCCC/C=C\C/C=C\C/C=C\CC)OC(=O)CCCCCCCCCCCCCCCCCC. The fraction of sp³-hybridized carbons (Fsp3) is 0.618. The van der Waals surface area contributed by atoms with E-state index in [0.717, 1.165) is 154 Å². The highest BCUT2D eigenvalue weighted by atomic mass is 16.6. The van der Waals surface area contributed by atoms with Crippen LogP contribution in [0.15, 0.2) is 158 Å². The Balaban J connectivity index is 4.41. The second kappa shape index (κ2) is 68.5. The van der Waals surface area contributed by atoms with Gasteiger partial charge in [-0.2, -0.15) is 0 Å². The molecule has 0 bridgehead atoms. The van der Waals surface area contributed by atoms with Gasteiger partial charge in [0.1, 0.15) is 13.2 Å². The van der Waals surface area contributed by atoms with Crippen molar-refractivity contribution >= 4 is 17.9 Å². The summed E-state index contributed by atoms with van der Waals surface area (Å²) in [5, 5.41) is 0. The van der Waals surface area contributed by atoms with E-state index in [9.17, 15) is 14.4 Å². The van der Waals surface area contributed by atoms with Gasteiger partial charge in [0.2, 0.25) is 0 Å². The lowest BCUT2D eigenvalue weighted by Crippen LogP contribution is -2.30. The van der Waals surface area contributed by atoms with Gasteiger partial charge in [-0.25, -0.2) is 0 Å². The van der Waals surface area contributed by atoms with E-state index in [-0.39, 0.29) is 31.1 Å². The largest absolute Gasteiger partial charge is 0.462 e. The first-order valence-electron chi connectivity index (χ1n) is 33.5. The number of rotatable bonds is 59. The average molecular weight is 1130 g/mol. The molecule has 0 aliphatic rings. The Bertz CT molecular complexity index is 1830. The number of esters is 3. The summed E-state index contributed by atoms with van der Waals surface area (Å²) < 4.78 is 16.9. The lowest BCUT2D eigenvalue weighted by Gasteiger charge is -2.18. The lowest BCUT2D eigenvalue weighted by molar-refractivity contribution is -0.167. The molecule has 0 aromatic carbocycles. The number of hydrogen-bond donors (Lipinski definition) is 0. The number of ether oxygens (including phenoxy) is 3. The molecule has 6 heteroatoms. The molecule has 1 unspecified atom stereocenters. The van der Waals surface area contributed by atoms with Crippen LogP contribution in [-0.4, -0.2) is 37.2 Å². The third kappa shape index (κ3) is 65.8. The molecule has 462 valence electrons. The van der Waals surface area contributed by atoms with Crippen molar-refractivity contribution in [2.24, 2.45) is 0 Å². The maximum atomic E-state index is 12.9. The molecular formula is C76H122O6. The number of unbranched alkanes of at least 4 members (excludes halogenated alkanes) is 22. The summed E-state index contributed by atoms with van der Waals surface area (Å²) in [4.78, 5) is 38.3. The highest BCUT2D eigenvalue weighted by molar-refractivity contribution is 5.71. The smallest absolute Gasteiger partial charge is 0.306 e. The minimum absolute atomic E-state index is 0.104. The monoisotopic (exact) mass is 1130 g/mol. The Morgan fingerprint density at radius 2 is 0.476 bits per heavy atom. The molecular weight excluding hydrogens is 1010 g/mol. The standard InChI is InChI=1S/C76H122O6/c1-4-7-10-13-16-19-22-25-28-30-31-32-33-34-35-36-37-38-39-40-41-42-43-44-45-46-49-51-54-57-60-63-66-69-75(78)81-72-73(71-80-74(77)68-65-62-59-56-53-50-47-27-24-21-18-15-12-9-6-3)82-76(79)70-67-64-61-58-55-52-48-29-26-23-20-17-14-11-8-5-2/h7,9-10,12,16,18-19,21,25,27-28,31-32,34-35,37-38,40-41,43-44,46-47,49,54,57,73H,4-6,8,11,13-15,17,20,22-24,26,29-30,33,36,39,42,45,48,50-53,55-56,58-72H2,1-3H3/b10-7-,12-9-,19-16-,21-18-,28-25-,32-31-,35-34-,38-37-,41-40-,44-43-,47-27-,49-46-,57-54-. The predicted molar refractivity (Wildman–Crippen MR) is 357 cm³/mol. The van der Waals surface area contributed by atoms with Gasteiger partial charge in [-0.1, -0.05) is 294 Å². The molecule has 0 aliphatic heterocycles. The molecule has 6 nitrogen and oxygen atoms in total. The van der Waals surface area contributed by atoms with Crippen LogP contribution in [0.25, 0.3) is 0 Å². The van der Waals surface area contributed by atoms with Crippen LogP contribution >= 0.6 is 0 Å². The zero-order valence-electron chi connectivity index (χ0n) is 52.9. The van der Waals surface area contributed by atoms with Gasteiger partial charge in [-0.15, -0.1) is 0 Å². The van der Waals surface area contributed by atoms with Gasteiger partial charge in [-0.05, 0) is 128 Å². The molecule has 0 rings (SSSR count). The van der Waals surface area contributed by atoms with Crippen molar-refractivity contribution in [3.63, 3.8) is 0 Å². The Morgan fingerprint density at radius 3 is 0.768 bits per heavy atom. The molecule has 82 heavy (non-hydrogen) atoms. The minimum Gasteiger partial charge on any atom is -0.462 e. The van der Waals surface area contributed by atoms with E-state index in [2.05, 4.69) is 179 Å². The molecule has 0 saturated heterocycles. The fourth-order valence-corrected chi connectivity index (χ4v) is 8.84. The number of carbonyl (C=O) groups excluding carboxylic acids is 3. The first-order valence-corrected chi connectivity index (χ1v) is 33.5. The van der Waals surface area contributed by atoms with Crippen molar-refractivity contribution < 1.29 is 28.6 Å². The summed E-state index contributed by atoms with van der Waals surface area (Å²) in [6.45, 7) is 6.37. The van der Waals surface area contributed by atoms with Crippen molar-refractivity contribution in [1.82, 2.24) is 0 Å². The minimum atomic E-state index is -0.809. The number of carbonyl (C=O) groups is 3. The summed E-state index contributed by atoms with van der Waals surface area (Å²) >= 11 is 0. The summed E-state index contributed by atoms with van der Waals surface area (Å²) in [5.74, 6) is -0.962. The average Bonchev–Trinajstić information content (AvgIpc) is 3.47. The Kier molecular flexibility index (Phi) is 64.4. The van der Waals surface area contributed by atoms with Crippen LogP contribution in [0, 0.1) is 0 Å². The van der Waals surface area contributed by atoms with E-state index >= 15 is 0 Å². The molecule has 0 aromatic heterocycles. The van der Waals surface area contributed by atoms with Crippen LogP contribution in [-0.2, 0) is 28.6 Å². The van der Waals surface area contributed by atoms with Gasteiger partial charge in [0.05, 0.1) is 0 Å². The van der Waals surface area contributed by atoms with Gasteiger partial charge in [-0.3, -0.25) is 14.4 Å². The second-order valence-corrected chi connectivity index (χ2v) is 21.6. The Hall–Kier alpha value is -4.97. The van der Waals surface area contributed by atoms with Gasteiger partial charge >= 0.3 is 17.9 Å². The molecule has 0 amide bonds. The van der Waals surface area contributed by atoms with Gasteiger partial charge in [0.15, 0.2) is 6.10 Å². The molecule has 0 heterocycles. The Labute approximate surface area is 505 Å². The summed E-state index contributed by atoms with van der Waals surface area (Å²) in [5.41, 5.74) is 0. The first kappa shape index (κ1) is 77.0. The zero-order chi connectivity index (χ0) is 59.2. The van der Waals surface area contributed by atoms with Crippen LogP contribution in [0.2, 0.25) is 0 Å². The van der Waals surface area contributed by atoms with Crippen LogP contribution in [0.1, 0.15) is 284 Å². The van der Waals surface area contributed by atoms with Crippen molar-refractivity contribution in [2.45, 2.75) is 290 Å². The quantitative estimate of drug-likeness (QED) is 0.0261. The number of allylic oxidation sites excluding steroid dienone is 26. The normalized spacial score (nSPS) is 13.2. The van der Waals surface area contributed by atoms with Crippen LogP contribution < -0.4 is 0 Å². The summed E-state index contributed by atoms with van der Waals surface area (Å²) in [6.07, 6.45) is 99.7. The van der Waals surface area contributed by atoms with E-state index < -0.39 is 6.10 Å². The predicted octanol–water partition coefficient (Wildman–Crippen LogP) is 23.3. The maximum absolute atomic E-state index is 12.9. The van der Waals surface area contributed by atoms with E-state index in [4.69, 9.17) is 14.2 Å². The summed E-state index contributed by atoms with van der Waals surface area (Å²) in [7, 11) is 0. The van der Waals surface area contributed by atoms with Gasteiger partial charge in [0, 0.05) is 19.3 Å². The van der Waals surface area contributed by atoms with Gasteiger partial charge < -0.3 is 14.2 Å². The molecule has 1 atom stereocenters. The van der Waals surface area contributed by atoms with Crippen LogP contribution in [0.5, 0.6) is 0 Å². The van der Waals surface area contributed by atoms with E-state index in [0.29, 0.717) is 25.7 Å². The van der Waals surface area contributed by atoms with E-state index in [1.54, 1.807) is 0 Å². The molecule has 0 N–H and O–H groups in total. The third-order valence-corrected chi connectivity index (χ3v) is 13.8. The van der Waals surface area contributed by atoms with Crippen molar-refractivity contribution in [1.29, 1.82) is 0 Å². The van der Waals surface area contributed by atoms with Crippen LogP contribution in [0.3, 0.4) is 0 Å². The third-order valence-electron chi connectivity index (χ3n) is 13.8. The second-order valence-electron chi connectivity index (χ2n) is 21.6. The highest BCUT2D eigenvalue weighted by Gasteiger charge is 2.19. The molecule has 0 aliphatic carbocycles. The fourth-order valence-electron chi connectivity index (χ4n) is 8.84. The van der Waals surface area contributed by atoms with Crippen molar-refractivity contribution in [2.75, 3.05) is 13.2 Å². The molecule has 0 fully saturated rings. The molecule has 0 aromatic rings. The highest BCUT2D eigenvalue weighted by Crippen LogP contribution is 2.16. The van der Waals surface area contributed by atoms with Gasteiger partial charge in [0.25, 0.3) is 0 Å². The Morgan fingerprint density at radius 1 is 0.256 bits per heavy atom. The van der Waals surface area contributed by atoms with Crippen LogP contribution in [0.4, 0.5) is 0 Å².